The molecule has 0 atom stereocenters. The average Bonchev–Trinajstić information content (AvgIpc) is 2.55. The molecule has 2 aromatic rings. The van der Waals surface area contributed by atoms with E-state index in [2.05, 4.69) is 10.1 Å². The molecule has 2 aromatic carbocycles. The van der Waals surface area contributed by atoms with Crippen LogP contribution in [-0.2, 0) is 9.53 Å². The van der Waals surface area contributed by atoms with Gasteiger partial charge in [0, 0.05) is 5.69 Å². The number of carbonyl (C=O) groups excluding carboxylic acids is 2. The summed E-state index contributed by atoms with van der Waals surface area (Å²) in [6.07, 6.45) is 0. The van der Waals surface area contributed by atoms with Crippen molar-refractivity contribution in [1.29, 1.82) is 0 Å². The maximum absolute atomic E-state index is 11.9. The van der Waals surface area contributed by atoms with Crippen LogP contribution in [0.1, 0.15) is 21.5 Å². The van der Waals surface area contributed by atoms with Crippen LogP contribution in [0.25, 0.3) is 0 Å². The van der Waals surface area contributed by atoms with E-state index >= 15 is 0 Å². The third-order valence-electron chi connectivity index (χ3n) is 3.29. The predicted octanol–water partition coefficient (Wildman–Crippen LogP) is 3.11. The first kappa shape index (κ1) is 16.5. The summed E-state index contributed by atoms with van der Waals surface area (Å²) < 4.78 is 10.2. The summed E-state index contributed by atoms with van der Waals surface area (Å²) in [5.74, 6) is 0.0130. The van der Waals surface area contributed by atoms with Crippen LogP contribution in [0.5, 0.6) is 5.75 Å². The zero-order valence-corrected chi connectivity index (χ0v) is 13.4. The Morgan fingerprint density at radius 1 is 1.04 bits per heavy atom. The molecule has 0 saturated carbocycles. The van der Waals surface area contributed by atoms with Gasteiger partial charge in [0.15, 0.2) is 6.61 Å². The lowest BCUT2D eigenvalue weighted by atomic mass is 10.1. The number of ether oxygens (including phenoxy) is 2. The van der Waals surface area contributed by atoms with Gasteiger partial charge in [-0.25, -0.2) is 4.79 Å². The molecule has 23 heavy (non-hydrogen) atoms. The Balaban J connectivity index is 1.92. The molecule has 0 fully saturated rings. The van der Waals surface area contributed by atoms with Gasteiger partial charge in [-0.05, 0) is 55.3 Å². The first-order chi connectivity index (χ1) is 11.0. The van der Waals surface area contributed by atoms with Gasteiger partial charge in [-0.3, -0.25) is 4.79 Å². The number of benzene rings is 2. The molecule has 0 bridgehead atoms. The summed E-state index contributed by atoms with van der Waals surface area (Å²) in [6, 6.07) is 12.3. The van der Waals surface area contributed by atoms with Crippen molar-refractivity contribution in [2.75, 3.05) is 19.0 Å². The highest BCUT2D eigenvalue weighted by molar-refractivity contribution is 5.93. The summed E-state index contributed by atoms with van der Waals surface area (Å²) in [7, 11) is 1.32. The van der Waals surface area contributed by atoms with Crippen LogP contribution >= 0.6 is 0 Å². The number of amides is 1. The van der Waals surface area contributed by atoms with Gasteiger partial charge in [0.05, 0.1) is 12.7 Å². The van der Waals surface area contributed by atoms with Gasteiger partial charge >= 0.3 is 5.97 Å². The Morgan fingerprint density at radius 2 is 1.74 bits per heavy atom. The van der Waals surface area contributed by atoms with Crippen molar-refractivity contribution in [1.82, 2.24) is 0 Å². The van der Waals surface area contributed by atoms with E-state index in [9.17, 15) is 9.59 Å². The second-order valence-corrected chi connectivity index (χ2v) is 5.17. The van der Waals surface area contributed by atoms with Crippen molar-refractivity contribution < 1.29 is 19.1 Å². The quantitative estimate of drug-likeness (QED) is 0.861. The van der Waals surface area contributed by atoms with Gasteiger partial charge in [0.2, 0.25) is 0 Å². The Morgan fingerprint density at radius 3 is 2.39 bits per heavy atom. The minimum Gasteiger partial charge on any atom is -0.483 e. The molecular formula is C18H19NO4. The number of hydrogen-bond donors (Lipinski definition) is 1. The van der Waals surface area contributed by atoms with Crippen LogP contribution in [0.15, 0.2) is 42.5 Å². The standard InChI is InChI=1S/C18H19NO4/c1-12-4-5-13(2)16(10-12)23-11-17(20)19-15-8-6-14(7-9-15)18(21)22-3/h4-10H,11H2,1-3H3,(H,19,20). The molecule has 1 N–H and O–H groups in total. The Bertz CT molecular complexity index is 707. The minimum atomic E-state index is -0.416. The van der Waals surface area contributed by atoms with Crippen LogP contribution in [0.2, 0.25) is 0 Å². The number of carbonyl (C=O) groups is 2. The fourth-order valence-electron chi connectivity index (χ4n) is 2.01. The van der Waals surface area contributed by atoms with Crippen molar-refractivity contribution in [2.45, 2.75) is 13.8 Å². The minimum absolute atomic E-state index is 0.0803. The molecule has 0 aliphatic carbocycles. The van der Waals surface area contributed by atoms with Gasteiger partial charge in [-0.15, -0.1) is 0 Å². The summed E-state index contributed by atoms with van der Waals surface area (Å²) >= 11 is 0. The molecule has 0 heterocycles. The molecule has 5 heteroatoms. The summed E-state index contributed by atoms with van der Waals surface area (Å²) in [5, 5.41) is 2.71. The zero-order chi connectivity index (χ0) is 16.8. The lowest BCUT2D eigenvalue weighted by Gasteiger charge is -2.10. The monoisotopic (exact) mass is 313 g/mol. The number of nitrogens with one attached hydrogen (secondary N) is 1. The average molecular weight is 313 g/mol. The maximum Gasteiger partial charge on any atom is 0.337 e. The van der Waals surface area contributed by atoms with Gasteiger partial charge < -0.3 is 14.8 Å². The summed E-state index contributed by atoms with van der Waals surface area (Å²) in [5.41, 5.74) is 3.07. The summed E-state index contributed by atoms with van der Waals surface area (Å²) in [6.45, 7) is 3.82. The van der Waals surface area contributed by atoms with Gasteiger partial charge in [-0.2, -0.15) is 0 Å². The lowest BCUT2D eigenvalue weighted by molar-refractivity contribution is -0.118. The van der Waals surface area contributed by atoms with Crippen LogP contribution < -0.4 is 10.1 Å². The second-order valence-electron chi connectivity index (χ2n) is 5.17. The maximum atomic E-state index is 11.9. The molecule has 0 unspecified atom stereocenters. The first-order valence-corrected chi connectivity index (χ1v) is 7.18. The van der Waals surface area contributed by atoms with Crippen molar-refractivity contribution in [2.24, 2.45) is 0 Å². The van der Waals surface area contributed by atoms with Crippen molar-refractivity contribution in [3.63, 3.8) is 0 Å². The third kappa shape index (κ3) is 4.57. The topological polar surface area (TPSA) is 64.6 Å². The fourth-order valence-corrected chi connectivity index (χ4v) is 2.01. The van der Waals surface area contributed by atoms with E-state index in [-0.39, 0.29) is 12.5 Å². The molecule has 120 valence electrons. The summed E-state index contributed by atoms with van der Waals surface area (Å²) in [4.78, 5) is 23.3. The van der Waals surface area contributed by atoms with E-state index in [0.717, 1.165) is 11.1 Å². The van der Waals surface area contributed by atoms with E-state index in [1.807, 2.05) is 32.0 Å². The second kappa shape index (κ2) is 7.45. The van der Waals surface area contributed by atoms with Crippen molar-refractivity contribution >= 4 is 17.6 Å². The number of methoxy groups -OCH3 is 1. The number of anilines is 1. The highest BCUT2D eigenvalue weighted by Gasteiger charge is 2.08. The highest BCUT2D eigenvalue weighted by Crippen LogP contribution is 2.19. The van der Waals surface area contributed by atoms with E-state index in [0.29, 0.717) is 17.0 Å². The molecule has 0 spiro atoms. The molecule has 2 rings (SSSR count). The van der Waals surface area contributed by atoms with Crippen LogP contribution in [0.3, 0.4) is 0 Å². The predicted molar refractivity (Wildman–Crippen MR) is 87.8 cm³/mol. The van der Waals surface area contributed by atoms with E-state index in [1.54, 1.807) is 24.3 Å². The molecule has 1 amide bonds. The number of aryl methyl sites for hydroxylation is 2. The smallest absolute Gasteiger partial charge is 0.337 e. The van der Waals surface area contributed by atoms with Gasteiger partial charge in [0.1, 0.15) is 5.75 Å². The third-order valence-corrected chi connectivity index (χ3v) is 3.29. The van der Waals surface area contributed by atoms with Crippen LogP contribution in [-0.4, -0.2) is 25.6 Å². The molecule has 0 saturated heterocycles. The van der Waals surface area contributed by atoms with Gasteiger partial charge in [-0.1, -0.05) is 12.1 Å². The molecule has 0 aromatic heterocycles. The molecule has 0 aliphatic rings. The molecular weight excluding hydrogens is 294 g/mol. The number of hydrogen-bond acceptors (Lipinski definition) is 4. The zero-order valence-electron chi connectivity index (χ0n) is 13.4. The van der Waals surface area contributed by atoms with E-state index in [1.165, 1.54) is 7.11 Å². The van der Waals surface area contributed by atoms with Crippen molar-refractivity contribution in [3.8, 4) is 5.75 Å². The number of esters is 1. The Hall–Kier alpha value is -2.82. The van der Waals surface area contributed by atoms with E-state index < -0.39 is 5.97 Å². The first-order valence-electron chi connectivity index (χ1n) is 7.18. The SMILES string of the molecule is COC(=O)c1ccc(NC(=O)COc2cc(C)ccc2C)cc1. The van der Waals surface area contributed by atoms with Crippen molar-refractivity contribution in [3.05, 3.63) is 59.2 Å². The van der Waals surface area contributed by atoms with E-state index in [4.69, 9.17) is 4.74 Å². The normalized spacial score (nSPS) is 10.0. The Kier molecular flexibility index (Phi) is 5.36. The molecule has 0 radical (unpaired) electrons. The lowest BCUT2D eigenvalue weighted by Crippen LogP contribution is -2.20. The number of rotatable bonds is 5. The molecule has 5 nitrogen and oxygen atoms in total. The highest BCUT2D eigenvalue weighted by atomic mass is 16.5. The Labute approximate surface area is 135 Å². The molecule has 0 aliphatic heterocycles. The van der Waals surface area contributed by atoms with Crippen LogP contribution in [0, 0.1) is 13.8 Å². The largest absolute Gasteiger partial charge is 0.483 e. The van der Waals surface area contributed by atoms with Crippen LogP contribution in [0.4, 0.5) is 5.69 Å². The fraction of sp³-hybridized carbons (Fsp3) is 0.222. The van der Waals surface area contributed by atoms with Gasteiger partial charge in [0.25, 0.3) is 5.91 Å².